The smallest absolute Gasteiger partial charge is 0.250 e. The molecule has 9 nitrogen and oxygen atoms in total. The second-order valence-electron chi connectivity index (χ2n) is 7.93. The van der Waals surface area contributed by atoms with Gasteiger partial charge in [0.05, 0.1) is 12.8 Å². The summed E-state index contributed by atoms with van der Waals surface area (Å²) in [6, 6.07) is 15.5. The molecular weight excluding hydrogens is 442 g/mol. The van der Waals surface area contributed by atoms with E-state index in [1.165, 1.54) is 6.42 Å². The second-order valence-corrected chi connectivity index (χ2v) is 7.93. The van der Waals surface area contributed by atoms with E-state index >= 15 is 0 Å². The van der Waals surface area contributed by atoms with E-state index in [2.05, 4.69) is 42.3 Å². The molecule has 9 heteroatoms. The molecule has 2 heterocycles. The first-order valence-electron chi connectivity index (χ1n) is 11.9. The molecule has 35 heavy (non-hydrogen) atoms. The van der Waals surface area contributed by atoms with Crippen molar-refractivity contribution in [3.63, 3.8) is 0 Å². The zero-order chi connectivity index (χ0) is 24.3. The van der Waals surface area contributed by atoms with Gasteiger partial charge in [-0.1, -0.05) is 30.9 Å². The number of para-hydroxylation sites is 1. The minimum absolute atomic E-state index is 0.367. The van der Waals surface area contributed by atoms with Crippen LogP contribution in [0.1, 0.15) is 31.7 Å². The topological polar surface area (TPSA) is 96.8 Å². The number of rotatable bonds is 11. The van der Waals surface area contributed by atoms with E-state index in [1.54, 1.807) is 12.3 Å². The third kappa shape index (κ3) is 6.92. The predicted molar refractivity (Wildman–Crippen MR) is 140 cm³/mol. The summed E-state index contributed by atoms with van der Waals surface area (Å²) in [4.78, 5) is 16.0. The van der Waals surface area contributed by atoms with Crippen molar-refractivity contribution in [3.05, 3.63) is 66.7 Å². The number of aromatic nitrogens is 3. The van der Waals surface area contributed by atoms with Gasteiger partial charge in [-0.15, -0.1) is 0 Å². The molecule has 0 saturated carbocycles. The molecule has 0 unspecified atom stereocenters. The Morgan fingerprint density at radius 1 is 0.971 bits per heavy atom. The van der Waals surface area contributed by atoms with Crippen LogP contribution in [0.2, 0.25) is 0 Å². The fourth-order valence-electron chi connectivity index (χ4n) is 3.66. The molecule has 0 amide bonds. The maximum Gasteiger partial charge on any atom is 0.250 e. The highest BCUT2D eigenvalue weighted by Crippen LogP contribution is 2.28. The van der Waals surface area contributed by atoms with Crippen LogP contribution in [0.3, 0.4) is 0 Å². The largest absolute Gasteiger partial charge is 0.490 e. The zero-order valence-corrected chi connectivity index (χ0v) is 20.0. The highest BCUT2D eigenvalue weighted by molar-refractivity contribution is 5.81. The van der Waals surface area contributed by atoms with Gasteiger partial charge in [-0.25, -0.2) is 5.43 Å². The Kier molecular flexibility index (Phi) is 8.47. The van der Waals surface area contributed by atoms with Gasteiger partial charge in [-0.05, 0) is 62.1 Å². The highest BCUT2D eigenvalue weighted by Gasteiger charge is 2.16. The summed E-state index contributed by atoms with van der Waals surface area (Å²) >= 11 is 0. The van der Waals surface area contributed by atoms with Crippen molar-refractivity contribution in [2.75, 3.05) is 41.9 Å². The summed E-state index contributed by atoms with van der Waals surface area (Å²) in [7, 11) is 0. The van der Waals surface area contributed by atoms with Gasteiger partial charge < -0.3 is 19.7 Å². The van der Waals surface area contributed by atoms with Crippen molar-refractivity contribution in [3.8, 4) is 11.5 Å². The van der Waals surface area contributed by atoms with Crippen molar-refractivity contribution < 1.29 is 9.47 Å². The summed E-state index contributed by atoms with van der Waals surface area (Å²) in [6.07, 6.45) is 6.87. The predicted octanol–water partition coefficient (Wildman–Crippen LogP) is 5.02. The minimum Gasteiger partial charge on any atom is -0.490 e. The number of hydrogen-bond donors (Lipinski definition) is 2. The number of hydrogen-bond acceptors (Lipinski definition) is 9. The molecule has 1 aliphatic rings. The molecule has 0 aliphatic carbocycles. The lowest BCUT2D eigenvalue weighted by atomic mass is 10.1. The van der Waals surface area contributed by atoms with Crippen LogP contribution in [0, 0.1) is 0 Å². The molecule has 1 saturated heterocycles. The fourth-order valence-corrected chi connectivity index (χ4v) is 3.66. The lowest BCUT2D eigenvalue weighted by Crippen LogP contribution is -2.31. The zero-order valence-electron chi connectivity index (χ0n) is 20.0. The van der Waals surface area contributed by atoms with Crippen LogP contribution >= 0.6 is 0 Å². The van der Waals surface area contributed by atoms with Crippen molar-refractivity contribution in [2.45, 2.75) is 26.2 Å². The maximum atomic E-state index is 5.71. The molecule has 1 aromatic heterocycles. The molecular formula is C26H31N7O2. The van der Waals surface area contributed by atoms with Crippen LogP contribution in [0.25, 0.3) is 0 Å². The summed E-state index contributed by atoms with van der Waals surface area (Å²) in [5.41, 5.74) is 4.70. The van der Waals surface area contributed by atoms with E-state index < -0.39 is 0 Å². The fraction of sp³-hybridized carbons (Fsp3) is 0.308. The van der Waals surface area contributed by atoms with E-state index in [9.17, 15) is 0 Å². The molecule has 182 valence electrons. The number of ether oxygens (including phenoxy) is 2. The van der Waals surface area contributed by atoms with Gasteiger partial charge >= 0.3 is 0 Å². The third-order valence-electron chi connectivity index (χ3n) is 5.29. The Labute approximate surface area is 205 Å². The SMILES string of the molecule is C=CCOc1ccc(/C=N/Nc2nc(Nc3ccccc3)nc(N3CCCCC3)n2)cc1OCC. The first kappa shape index (κ1) is 24.0. The van der Waals surface area contributed by atoms with Crippen LogP contribution in [0.5, 0.6) is 11.5 Å². The summed E-state index contributed by atoms with van der Waals surface area (Å²) < 4.78 is 11.4. The normalized spacial score (nSPS) is 13.5. The highest BCUT2D eigenvalue weighted by atomic mass is 16.5. The van der Waals surface area contributed by atoms with E-state index in [4.69, 9.17) is 9.47 Å². The van der Waals surface area contributed by atoms with Gasteiger partial charge in [0, 0.05) is 18.8 Å². The average Bonchev–Trinajstić information content (AvgIpc) is 2.89. The summed E-state index contributed by atoms with van der Waals surface area (Å²) in [6.45, 7) is 8.42. The second kappa shape index (κ2) is 12.4. The number of piperidine rings is 1. The summed E-state index contributed by atoms with van der Waals surface area (Å²) in [5.74, 6) is 2.79. The maximum absolute atomic E-state index is 5.71. The van der Waals surface area contributed by atoms with Gasteiger partial charge in [0.25, 0.3) is 0 Å². The molecule has 2 aromatic carbocycles. The number of nitrogens with one attached hydrogen (secondary N) is 2. The first-order chi connectivity index (χ1) is 17.2. The number of hydrazone groups is 1. The van der Waals surface area contributed by atoms with Crippen LogP contribution in [-0.2, 0) is 0 Å². The Balaban J connectivity index is 1.52. The van der Waals surface area contributed by atoms with Crippen molar-refractivity contribution in [1.29, 1.82) is 0 Å². The van der Waals surface area contributed by atoms with Gasteiger partial charge in [0.2, 0.25) is 17.8 Å². The molecule has 4 rings (SSSR count). The molecule has 0 atom stereocenters. The molecule has 2 N–H and O–H groups in total. The van der Waals surface area contributed by atoms with Gasteiger partial charge in [-0.3, -0.25) is 0 Å². The molecule has 3 aromatic rings. The lowest BCUT2D eigenvalue weighted by molar-refractivity contribution is 0.297. The van der Waals surface area contributed by atoms with Crippen LogP contribution in [0.15, 0.2) is 66.3 Å². The molecule has 0 spiro atoms. The van der Waals surface area contributed by atoms with Gasteiger partial charge in [0.15, 0.2) is 11.5 Å². The van der Waals surface area contributed by atoms with Crippen molar-refractivity contribution in [2.24, 2.45) is 5.10 Å². The first-order valence-corrected chi connectivity index (χ1v) is 11.9. The van der Waals surface area contributed by atoms with Gasteiger partial charge in [-0.2, -0.15) is 20.1 Å². The van der Waals surface area contributed by atoms with E-state index in [0.717, 1.165) is 37.2 Å². The van der Waals surface area contributed by atoms with Crippen LogP contribution in [0.4, 0.5) is 23.5 Å². The van der Waals surface area contributed by atoms with Gasteiger partial charge in [0.1, 0.15) is 6.61 Å². The molecule has 1 fully saturated rings. The van der Waals surface area contributed by atoms with Crippen LogP contribution in [-0.4, -0.2) is 47.5 Å². The standard InChI is InChI=1S/C26H31N7O2/c1-3-17-35-22-14-13-20(18-23(22)34-4-2)19-27-32-25-29-24(28-21-11-7-5-8-12-21)30-26(31-25)33-15-9-6-10-16-33/h3,5,7-8,11-14,18-19H,1,4,6,9-10,15-17H2,2H3,(H2,28,29,30,31,32)/b27-19+. The number of nitrogens with zero attached hydrogens (tertiary/aromatic N) is 5. The minimum atomic E-state index is 0.367. The van der Waals surface area contributed by atoms with E-state index in [-0.39, 0.29) is 0 Å². The molecule has 0 radical (unpaired) electrons. The monoisotopic (exact) mass is 473 g/mol. The lowest BCUT2D eigenvalue weighted by Gasteiger charge is -2.26. The number of benzene rings is 2. The third-order valence-corrected chi connectivity index (χ3v) is 5.29. The Hall–Kier alpha value is -4.14. The van der Waals surface area contributed by atoms with Crippen molar-refractivity contribution >= 4 is 29.7 Å². The van der Waals surface area contributed by atoms with E-state index in [0.29, 0.717) is 42.6 Å². The van der Waals surface area contributed by atoms with Crippen LogP contribution < -0.4 is 25.1 Å². The summed E-state index contributed by atoms with van der Waals surface area (Å²) in [5, 5.41) is 7.61. The van der Waals surface area contributed by atoms with Crippen molar-refractivity contribution in [1.82, 2.24) is 15.0 Å². The van der Waals surface area contributed by atoms with E-state index in [1.807, 2.05) is 55.5 Å². The quantitative estimate of drug-likeness (QED) is 0.228. The molecule has 0 bridgehead atoms. The molecule has 1 aliphatic heterocycles. The Morgan fingerprint density at radius 3 is 2.54 bits per heavy atom. The average molecular weight is 474 g/mol. The number of anilines is 4. The Morgan fingerprint density at radius 2 is 1.77 bits per heavy atom. The Bertz CT molecular complexity index is 1130.